The van der Waals surface area contributed by atoms with E-state index in [2.05, 4.69) is 10.3 Å². The van der Waals surface area contributed by atoms with Gasteiger partial charge >= 0.3 is 0 Å². The van der Waals surface area contributed by atoms with Gasteiger partial charge in [-0.2, -0.15) is 0 Å². The van der Waals surface area contributed by atoms with Gasteiger partial charge in [0.1, 0.15) is 0 Å². The molecule has 2 saturated carbocycles. The first kappa shape index (κ1) is 15.9. The third-order valence-corrected chi connectivity index (χ3v) is 3.73. The van der Waals surface area contributed by atoms with E-state index in [0.717, 1.165) is 12.8 Å². The molecule has 0 spiro atoms. The van der Waals surface area contributed by atoms with Gasteiger partial charge in [0, 0.05) is 25.4 Å². The summed E-state index contributed by atoms with van der Waals surface area (Å²) in [6.45, 7) is 0.432. The molecule has 0 aromatic carbocycles. The van der Waals surface area contributed by atoms with Gasteiger partial charge in [0.05, 0.1) is 0 Å². The molecule has 0 saturated heterocycles. The Hall–Kier alpha value is -0.140. The summed E-state index contributed by atoms with van der Waals surface area (Å²) in [7, 11) is 0. The number of hydrogen-bond acceptors (Lipinski definition) is 1. The van der Waals surface area contributed by atoms with Crippen molar-refractivity contribution in [3.8, 4) is 0 Å². The number of aliphatic imine (C=N–C) groups is 1. The Morgan fingerprint density at radius 1 is 1.28 bits per heavy atom. The van der Waals surface area contributed by atoms with Crippen molar-refractivity contribution in [3.63, 3.8) is 0 Å². The molecular formula is C12H22F2IN3. The fourth-order valence-corrected chi connectivity index (χ4v) is 2.75. The molecule has 2 aliphatic carbocycles. The summed E-state index contributed by atoms with van der Waals surface area (Å²) in [6, 6.07) is 0.434. The lowest BCUT2D eigenvalue weighted by atomic mass is 10.1. The number of halogens is 3. The Morgan fingerprint density at radius 2 is 1.94 bits per heavy atom. The van der Waals surface area contributed by atoms with E-state index in [1.807, 2.05) is 0 Å². The number of rotatable bonds is 3. The minimum Gasteiger partial charge on any atom is -0.370 e. The lowest BCUT2D eigenvalue weighted by Gasteiger charge is -2.13. The van der Waals surface area contributed by atoms with Crippen molar-refractivity contribution < 1.29 is 8.78 Å². The Bertz CT molecular complexity index is 291. The van der Waals surface area contributed by atoms with Gasteiger partial charge in [0.2, 0.25) is 5.92 Å². The van der Waals surface area contributed by atoms with Crippen LogP contribution in [0.3, 0.4) is 0 Å². The van der Waals surface area contributed by atoms with Crippen molar-refractivity contribution in [3.05, 3.63) is 0 Å². The second kappa shape index (κ2) is 6.86. The Morgan fingerprint density at radius 3 is 2.50 bits per heavy atom. The maximum absolute atomic E-state index is 13.0. The predicted molar refractivity (Wildman–Crippen MR) is 79.6 cm³/mol. The van der Waals surface area contributed by atoms with Crippen LogP contribution in [0.4, 0.5) is 8.78 Å². The molecule has 106 valence electrons. The number of nitrogens with zero attached hydrogens (tertiary/aromatic N) is 1. The first-order valence-electron chi connectivity index (χ1n) is 6.49. The topological polar surface area (TPSA) is 50.4 Å². The van der Waals surface area contributed by atoms with Gasteiger partial charge in [-0.05, 0) is 25.2 Å². The largest absolute Gasteiger partial charge is 0.370 e. The second-order valence-electron chi connectivity index (χ2n) is 5.32. The highest BCUT2D eigenvalue weighted by Gasteiger charge is 2.39. The summed E-state index contributed by atoms with van der Waals surface area (Å²) >= 11 is 0. The second-order valence-corrected chi connectivity index (χ2v) is 5.32. The first-order chi connectivity index (χ1) is 8.05. The van der Waals surface area contributed by atoms with Crippen molar-refractivity contribution >= 4 is 29.9 Å². The highest BCUT2D eigenvalue weighted by Crippen LogP contribution is 2.38. The summed E-state index contributed by atoms with van der Waals surface area (Å²) in [5, 5.41) is 3.16. The molecule has 0 amide bonds. The molecule has 0 aromatic rings. The monoisotopic (exact) mass is 373 g/mol. The Balaban J connectivity index is 0.00000162. The van der Waals surface area contributed by atoms with Crippen LogP contribution < -0.4 is 11.1 Å². The van der Waals surface area contributed by atoms with Crippen LogP contribution in [-0.2, 0) is 0 Å². The smallest absolute Gasteiger partial charge is 0.248 e. The van der Waals surface area contributed by atoms with Crippen molar-refractivity contribution in [1.82, 2.24) is 5.32 Å². The molecule has 0 radical (unpaired) electrons. The molecule has 1 unspecified atom stereocenters. The fourth-order valence-electron chi connectivity index (χ4n) is 2.75. The zero-order valence-electron chi connectivity index (χ0n) is 10.5. The van der Waals surface area contributed by atoms with Crippen molar-refractivity contribution in [2.75, 3.05) is 6.54 Å². The predicted octanol–water partition coefficient (Wildman–Crippen LogP) is 2.89. The molecular weight excluding hydrogens is 351 g/mol. The first-order valence-corrected chi connectivity index (χ1v) is 6.49. The van der Waals surface area contributed by atoms with Gasteiger partial charge in [0.15, 0.2) is 5.96 Å². The van der Waals surface area contributed by atoms with E-state index in [4.69, 9.17) is 5.73 Å². The minimum atomic E-state index is -2.48. The highest BCUT2D eigenvalue weighted by molar-refractivity contribution is 14.0. The van der Waals surface area contributed by atoms with E-state index in [1.165, 1.54) is 12.8 Å². The molecule has 1 atom stereocenters. The zero-order chi connectivity index (χ0) is 12.3. The number of nitrogens with one attached hydrogen (secondary N) is 1. The number of guanidine groups is 1. The van der Waals surface area contributed by atoms with Gasteiger partial charge in [0.25, 0.3) is 0 Å². The molecule has 0 bridgehead atoms. The van der Waals surface area contributed by atoms with Crippen molar-refractivity contribution in [2.45, 2.75) is 56.9 Å². The molecule has 6 heteroatoms. The standard InChI is InChI=1S/C12H21F2N3.HI/c13-12(14)6-5-9(7-12)8-16-11(15)17-10-3-1-2-4-10;/h9-10H,1-8H2,(H3,15,16,17);1H. The van der Waals surface area contributed by atoms with Crippen LogP contribution >= 0.6 is 24.0 Å². The zero-order valence-corrected chi connectivity index (χ0v) is 12.8. The van der Waals surface area contributed by atoms with E-state index < -0.39 is 5.92 Å². The molecule has 3 nitrogen and oxygen atoms in total. The number of nitrogens with two attached hydrogens (primary N) is 1. The SMILES string of the molecule is I.NC(=NCC1CCC(F)(F)C1)NC1CCCC1. The molecule has 0 aromatic heterocycles. The molecule has 2 rings (SSSR count). The van der Waals surface area contributed by atoms with Crippen LogP contribution in [0.2, 0.25) is 0 Å². The Kier molecular flexibility index (Phi) is 6.07. The molecule has 3 N–H and O–H groups in total. The van der Waals surface area contributed by atoms with E-state index in [1.54, 1.807) is 0 Å². The molecule has 2 aliphatic rings. The third kappa shape index (κ3) is 4.85. The Labute approximate surface area is 124 Å². The quantitative estimate of drug-likeness (QED) is 0.454. The minimum absolute atomic E-state index is 0. The van der Waals surface area contributed by atoms with Crippen LogP contribution in [0, 0.1) is 5.92 Å². The van der Waals surface area contributed by atoms with Gasteiger partial charge < -0.3 is 11.1 Å². The molecule has 0 aliphatic heterocycles. The fraction of sp³-hybridized carbons (Fsp3) is 0.917. The van der Waals surface area contributed by atoms with E-state index in [-0.39, 0.29) is 42.7 Å². The summed E-state index contributed by atoms with van der Waals surface area (Å²) in [5.74, 6) is -2.06. The van der Waals surface area contributed by atoms with Crippen molar-refractivity contribution in [2.24, 2.45) is 16.6 Å². The molecule has 0 heterocycles. The lowest BCUT2D eigenvalue weighted by Crippen LogP contribution is -2.38. The van der Waals surface area contributed by atoms with E-state index in [0.29, 0.717) is 25.0 Å². The highest BCUT2D eigenvalue weighted by atomic mass is 127. The van der Waals surface area contributed by atoms with Crippen LogP contribution in [0.5, 0.6) is 0 Å². The average molecular weight is 373 g/mol. The molecule has 18 heavy (non-hydrogen) atoms. The summed E-state index contributed by atoms with van der Waals surface area (Å²) in [6.07, 6.45) is 5.28. The van der Waals surface area contributed by atoms with Crippen LogP contribution in [0.1, 0.15) is 44.9 Å². The maximum Gasteiger partial charge on any atom is 0.248 e. The van der Waals surface area contributed by atoms with Gasteiger partial charge in [-0.3, -0.25) is 4.99 Å². The van der Waals surface area contributed by atoms with Crippen molar-refractivity contribution in [1.29, 1.82) is 0 Å². The summed E-state index contributed by atoms with van der Waals surface area (Å²) < 4.78 is 25.9. The van der Waals surface area contributed by atoms with Gasteiger partial charge in [-0.25, -0.2) is 8.78 Å². The van der Waals surface area contributed by atoms with Crippen LogP contribution in [-0.4, -0.2) is 24.5 Å². The molecule has 2 fully saturated rings. The summed E-state index contributed by atoms with van der Waals surface area (Å²) in [4.78, 5) is 4.19. The maximum atomic E-state index is 13.0. The normalized spacial score (nSPS) is 28.1. The van der Waals surface area contributed by atoms with E-state index >= 15 is 0 Å². The average Bonchev–Trinajstić information content (AvgIpc) is 2.85. The lowest BCUT2D eigenvalue weighted by molar-refractivity contribution is 0.00542. The third-order valence-electron chi connectivity index (χ3n) is 3.73. The van der Waals surface area contributed by atoms with E-state index in [9.17, 15) is 8.78 Å². The summed E-state index contributed by atoms with van der Waals surface area (Å²) in [5.41, 5.74) is 5.75. The van der Waals surface area contributed by atoms with Gasteiger partial charge in [-0.1, -0.05) is 12.8 Å². The van der Waals surface area contributed by atoms with Gasteiger partial charge in [-0.15, -0.1) is 24.0 Å². The van der Waals surface area contributed by atoms with Crippen LogP contribution in [0.15, 0.2) is 4.99 Å². The number of alkyl halides is 2. The number of hydrogen-bond donors (Lipinski definition) is 2. The van der Waals surface area contributed by atoms with Crippen LogP contribution in [0.25, 0.3) is 0 Å².